The van der Waals surface area contributed by atoms with Gasteiger partial charge in [-0.15, -0.1) is 0 Å². The van der Waals surface area contributed by atoms with Gasteiger partial charge in [-0.3, -0.25) is 9.59 Å². The van der Waals surface area contributed by atoms with Crippen LogP contribution in [0.4, 0.5) is 26.3 Å². The van der Waals surface area contributed by atoms with Crippen molar-refractivity contribution in [1.82, 2.24) is 10.2 Å². The number of rotatable bonds is 5. The van der Waals surface area contributed by atoms with Gasteiger partial charge in [0.1, 0.15) is 6.61 Å². The fraction of sp³-hybridized carbons (Fsp3) is 0.548. The molecule has 0 radical (unpaired) electrons. The van der Waals surface area contributed by atoms with E-state index >= 15 is 0 Å². The summed E-state index contributed by atoms with van der Waals surface area (Å²) in [6.07, 6.45) is -5.91. The minimum absolute atomic E-state index is 0.0684. The van der Waals surface area contributed by atoms with Crippen LogP contribution in [0.15, 0.2) is 48.5 Å². The predicted octanol–water partition coefficient (Wildman–Crippen LogP) is 6.46. The first-order valence-corrected chi connectivity index (χ1v) is 14.2. The molecule has 2 saturated heterocycles. The third-order valence-corrected chi connectivity index (χ3v) is 9.48. The molecule has 2 heterocycles. The van der Waals surface area contributed by atoms with Gasteiger partial charge in [-0.05, 0) is 87.9 Å². The number of halogens is 6. The van der Waals surface area contributed by atoms with E-state index in [1.54, 1.807) is 0 Å². The number of carbonyl (C=O) groups excluding carboxylic acids is 2. The molecule has 11 heteroatoms. The zero-order valence-electron chi connectivity index (χ0n) is 23.3. The van der Waals surface area contributed by atoms with Crippen molar-refractivity contribution < 1.29 is 40.7 Å². The highest BCUT2D eigenvalue weighted by Gasteiger charge is 2.47. The minimum Gasteiger partial charge on any atom is -0.373 e. The standard InChI is InChI=1S/C31H34F6N2O3/c1-20(21-15-23(30(32,33)34)17-24(16-21)31(35,36)37)27(41)38-29(22-5-3-2-4-6-22)9-7-25(8-10-29)39-13-11-28(12-14-39)19-42-18-26(28)40/h2-6,15-17,20,25H,7-14,18-19H2,1H3,(H,38,41)/t20-,25?,29?/m0/s1. The second kappa shape index (κ2) is 11.3. The van der Waals surface area contributed by atoms with Crippen LogP contribution in [0.5, 0.6) is 0 Å². The number of hydrogen-bond acceptors (Lipinski definition) is 4. The normalized spacial score (nSPS) is 25.9. The summed E-state index contributed by atoms with van der Waals surface area (Å²) in [7, 11) is 0. The van der Waals surface area contributed by atoms with Gasteiger partial charge in [0.25, 0.3) is 0 Å². The fourth-order valence-electron chi connectivity index (χ4n) is 6.74. The van der Waals surface area contributed by atoms with Gasteiger partial charge in [0.2, 0.25) is 5.91 Å². The molecule has 0 unspecified atom stereocenters. The van der Waals surface area contributed by atoms with Crippen molar-refractivity contribution in [1.29, 1.82) is 0 Å². The van der Waals surface area contributed by atoms with Crippen LogP contribution in [0.2, 0.25) is 0 Å². The number of hydrogen-bond donors (Lipinski definition) is 1. The highest BCUT2D eigenvalue weighted by Crippen LogP contribution is 2.43. The Kier molecular flexibility index (Phi) is 8.21. The molecule has 2 aromatic rings. The van der Waals surface area contributed by atoms with Crippen LogP contribution in [0.1, 0.15) is 73.6 Å². The first-order chi connectivity index (χ1) is 19.7. The van der Waals surface area contributed by atoms with Gasteiger partial charge >= 0.3 is 12.4 Å². The van der Waals surface area contributed by atoms with E-state index in [0.717, 1.165) is 44.3 Å². The Hall–Kier alpha value is -2.92. The van der Waals surface area contributed by atoms with E-state index in [1.807, 2.05) is 30.3 Å². The average molecular weight is 597 g/mol. The topological polar surface area (TPSA) is 58.6 Å². The van der Waals surface area contributed by atoms with E-state index in [1.165, 1.54) is 6.92 Å². The molecule has 1 aliphatic carbocycles. The Balaban J connectivity index is 1.33. The lowest BCUT2D eigenvalue weighted by Gasteiger charge is -2.47. The number of amides is 1. The first kappa shape index (κ1) is 30.5. The first-order valence-electron chi connectivity index (χ1n) is 14.2. The molecule has 1 saturated carbocycles. The summed E-state index contributed by atoms with van der Waals surface area (Å²) in [6, 6.07) is 10.8. The van der Waals surface area contributed by atoms with Crippen LogP contribution in [0.25, 0.3) is 0 Å². The molecular formula is C31H34F6N2O3. The van der Waals surface area contributed by atoms with Crippen molar-refractivity contribution >= 4 is 11.7 Å². The van der Waals surface area contributed by atoms with E-state index in [2.05, 4.69) is 10.2 Å². The summed E-state index contributed by atoms with van der Waals surface area (Å²) in [6.45, 7) is 3.53. The smallest absolute Gasteiger partial charge is 0.373 e. The zero-order chi connectivity index (χ0) is 30.3. The number of ketones is 1. The number of benzene rings is 2. The SMILES string of the molecule is C[C@H](C(=O)NC1(c2ccccc2)CCC(N2CCC3(CC2)COCC3=O)CC1)c1cc(C(F)(F)F)cc(C(F)(F)F)c1. The molecule has 1 spiro atoms. The van der Waals surface area contributed by atoms with E-state index in [-0.39, 0.29) is 35.5 Å². The molecule has 5 rings (SSSR count). The van der Waals surface area contributed by atoms with E-state index in [4.69, 9.17) is 4.74 Å². The van der Waals surface area contributed by atoms with Gasteiger partial charge < -0.3 is 15.0 Å². The van der Waals surface area contributed by atoms with Gasteiger partial charge in [-0.1, -0.05) is 30.3 Å². The van der Waals surface area contributed by atoms with Crippen LogP contribution in [-0.2, 0) is 32.2 Å². The summed E-state index contributed by atoms with van der Waals surface area (Å²) >= 11 is 0. The molecule has 0 bridgehead atoms. The number of piperidine rings is 1. The Bertz CT molecular complexity index is 1260. The molecule has 42 heavy (non-hydrogen) atoms. The Morgan fingerprint density at radius 2 is 1.50 bits per heavy atom. The molecule has 2 aliphatic heterocycles. The molecule has 2 aromatic carbocycles. The van der Waals surface area contributed by atoms with E-state index in [0.29, 0.717) is 31.6 Å². The van der Waals surface area contributed by atoms with Crippen molar-refractivity contribution in [2.24, 2.45) is 5.41 Å². The summed E-state index contributed by atoms with van der Waals surface area (Å²) in [4.78, 5) is 28.3. The number of nitrogens with one attached hydrogen (secondary N) is 1. The summed E-state index contributed by atoms with van der Waals surface area (Å²) in [5.74, 6) is -1.71. The molecule has 5 nitrogen and oxygen atoms in total. The summed E-state index contributed by atoms with van der Waals surface area (Å²) in [5, 5.41) is 3.05. The van der Waals surface area contributed by atoms with Crippen molar-refractivity contribution in [2.45, 2.75) is 75.3 Å². The molecule has 3 fully saturated rings. The number of carbonyl (C=O) groups is 2. The van der Waals surface area contributed by atoms with Crippen molar-refractivity contribution in [3.63, 3.8) is 0 Å². The van der Waals surface area contributed by atoms with E-state index in [9.17, 15) is 35.9 Å². The van der Waals surface area contributed by atoms with Crippen molar-refractivity contribution in [2.75, 3.05) is 26.3 Å². The second-order valence-corrected chi connectivity index (χ2v) is 12.0. The monoisotopic (exact) mass is 596 g/mol. The lowest BCUT2D eigenvalue weighted by atomic mass is 9.72. The maximum Gasteiger partial charge on any atom is 0.416 e. The van der Waals surface area contributed by atoms with Gasteiger partial charge in [-0.2, -0.15) is 26.3 Å². The third kappa shape index (κ3) is 6.08. The number of ether oxygens (including phenoxy) is 1. The molecule has 0 aromatic heterocycles. The van der Waals surface area contributed by atoms with Gasteiger partial charge in [0, 0.05) is 6.04 Å². The molecule has 1 N–H and O–H groups in total. The van der Waals surface area contributed by atoms with Crippen LogP contribution >= 0.6 is 0 Å². The number of nitrogens with zero attached hydrogens (tertiary/aromatic N) is 1. The maximum atomic E-state index is 13.5. The van der Waals surface area contributed by atoms with Gasteiger partial charge in [0.15, 0.2) is 5.78 Å². The van der Waals surface area contributed by atoms with Crippen molar-refractivity contribution in [3.05, 3.63) is 70.8 Å². The zero-order valence-corrected chi connectivity index (χ0v) is 23.3. The number of likely N-dealkylation sites (tertiary alicyclic amines) is 1. The predicted molar refractivity (Wildman–Crippen MR) is 142 cm³/mol. The number of alkyl halides is 6. The van der Waals surface area contributed by atoms with Crippen LogP contribution < -0.4 is 5.32 Å². The fourth-order valence-corrected chi connectivity index (χ4v) is 6.74. The minimum atomic E-state index is -5.00. The molecule has 1 atom stereocenters. The molecule has 1 amide bonds. The Labute approximate surface area is 240 Å². The van der Waals surface area contributed by atoms with Crippen LogP contribution in [-0.4, -0.2) is 48.9 Å². The average Bonchev–Trinajstić information content (AvgIpc) is 3.31. The summed E-state index contributed by atoms with van der Waals surface area (Å²) in [5.41, 5.74) is -3.59. The maximum absolute atomic E-state index is 13.5. The van der Waals surface area contributed by atoms with Gasteiger partial charge in [-0.25, -0.2) is 0 Å². The quantitative estimate of drug-likeness (QED) is 0.403. The lowest BCUT2D eigenvalue weighted by Crippen LogP contribution is -2.54. The number of Topliss-reactive ketones (excluding diaryl/α,β-unsaturated/α-hetero) is 1. The summed E-state index contributed by atoms with van der Waals surface area (Å²) < 4.78 is 86.2. The third-order valence-electron chi connectivity index (χ3n) is 9.48. The lowest BCUT2D eigenvalue weighted by molar-refractivity contribution is -0.143. The largest absolute Gasteiger partial charge is 0.416 e. The highest BCUT2D eigenvalue weighted by molar-refractivity contribution is 5.87. The Morgan fingerprint density at radius 1 is 0.929 bits per heavy atom. The van der Waals surface area contributed by atoms with Crippen molar-refractivity contribution in [3.8, 4) is 0 Å². The highest BCUT2D eigenvalue weighted by atomic mass is 19.4. The Morgan fingerprint density at radius 3 is 2.00 bits per heavy atom. The van der Waals surface area contributed by atoms with Crippen LogP contribution in [0.3, 0.4) is 0 Å². The van der Waals surface area contributed by atoms with Gasteiger partial charge in [0.05, 0.1) is 34.6 Å². The second-order valence-electron chi connectivity index (χ2n) is 12.0. The molecule has 228 valence electrons. The van der Waals surface area contributed by atoms with E-state index < -0.39 is 40.8 Å². The van der Waals surface area contributed by atoms with Crippen LogP contribution in [0, 0.1) is 5.41 Å². The molecular weight excluding hydrogens is 562 g/mol. The molecule has 3 aliphatic rings.